The number of hydrogen-bond acceptors (Lipinski definition) is 5. The van der Waals surface area contributed by atoms with Gasteiger partial charge < -0.3 is 0 Å². The van der Waals surface area contributed by atoms with E-state index in [1.165, 1.54) is 28.0 Å². The van der Waals surface area contributed by atoms with Crippen LogP contribution >= 0.6 is 22.9 Å². The first-order valence-electron chi connectivity index (χ1n) is 6.08. The molecule has 0 bridgehead atoms. The predicted molar refractivity (Wildman–Crippen MR) is 82.6 cm³/mol. The van der Waals surface area contributed by atoms with Gasteiger partial charge in [-0.2, -0.15) is 18.0 Å². The van der Waals surface area contributed by atoms with Gasteiger partial charge >= 0.3 is 0 Å². The predicted octanol–water partition coefficient (Wildman–Crippen LogP) is 3.00. The van der Waals surface area contributed by atoms with Crippen LogP contribution in [-0.2, 0) is 10.0 Å². The summed E-state index contributed by atoms with van der Waals surface area (Å²) >= 11 is 6.93. The van der Waals surface area contributed by atoms with E-state index in [4.69, 9.17) is 11.6 Å². The number of halogens is 2. The van der Waals surface area contributed by atoms with Crippen molar-refractivity contribution in [3.63, 3.8) is 0 Å². The number of aryl methyl sites for hydroxylation is 2. The molecule has 0 amide bonds. The summed E-state index contributed by atoms with van der Waals surface area (Å²) in [5.41, 5.74) is 0.103. The number of fused-ring (bicyclic) bond motifs is 1. The molecule has 0 aliphatic rings. The first-order chi connectivity index (χ1) is 10.3. The van der Waals surface area contributed by atoms with Crippen molar-refractivity contribution in [3.05, 3.63) is 39.7 Å². The zero-order valence-electron chi connectivity index (χ0n) is 11.5. The molecule has 0 radical (unpaired) electrons. The van der Waals surface area contributed by atoms with Gasteiger partial charge in [0.15, 0.2) is 0 Å². The number of hydrogen-bond donors (Lipinski definition) is 1. The lowest BCUT2D eigenvalue weighted by molar-refractivity contribution is 0.590. The minimum Gasteiger partial charge on any atom is -0.275 e. The van der Waals surface area contributed by atoms with E-state index in [1.807, 2.05) is 0 Å². The average molecular weight is 361 g/mol. The van der Waals surface area contributed by atoms with Gasteiger partial charge in [0.1, 0.15) is 10.8 Å². The van der Waals surface area contributed by atoms with Crippen molar-refractivity contribution < 1.29 is 12.8 Å². The summed E-state index contributed by atoms with van der Waals surface area (Å²) in [5.74, 6) is -0.760. The number of nitrogens with one attached hydrogen (secondary N) is 1. The van der Waals surface area contributed by atoms with Gasteiger partial charge in [0, 0.05) is 5.02 Å². The van der Waals surface area contributed by atoms with Gasteiger partial charge in [0.25, 0.3) is 10.0 Å². The average Bonchev–Trinajstić information content (AvgIpc) is 2.86. The molecular weight excluding hydrogens is 351 g/mol. The Hall–Kier alpha value is -1.71. The van der Waals surface area contributed by atoms with Crippen LogP contribution in [-0.4, -0.2) is 23.0 Å². The highest BCUT2D eigenvalue weighted by atomic mass is 35.5. The van der Waals surface area contributed by atoms with E-state index in [1.54, 1.807) is 13.8 Å². The van der Waals surface area contributed by atoms with Crippen molar-refractivity contribution in [2.75, 3.05) is 4.72 Å². The SMILES string of the molecule is Cc1nn2c(S(=O)(=O)Nc3ccc(Cl)cc3F)c(C)nc2s1. The summed E-state index contributed by atoms with van der Waals surface area (Å²) < 4.78 is 42.3. The van der Waals surface area contributed by atoms with Crippen molar-refractivity contribution >= 4 is 43.6 Å². The van der Waals surface area contributed by atoms with Gasteiger partial charge in [-0.05, 0) is 32.0 Å². The minimum absolute atomic E-state index is 0.110. The van der Waals surface area contributed by atoms with Crippen LogP contribution in [0.1, 0.15) is 10.7 Å². The van der Waals surface area contributed by atoms with Gasteiger partial charge in [0.2, 0.25) is 9.99 Å². The van der Waals surface area contributed by atoms with E-state index in [9.17, 15) is 12.8 Å². The van der Waals surface area contributed by atoms with Crippen LogP contribution in [0.5, 0.6) is 0 Å². The Labute approximate surface area is 134 Å². The molecule has 116 valence electrons. The Morgan fingerprint density at radius 3 is 2.77 bits per heavy atom. The summed E-state index contributed by atoms with van der Waals surface area (Å²) in [6, 6.07) is 3.69. The lowest BCUT2D eigenvalue weighted by Crippen LogP contribution is -2.17. The molecule has 3 aromatic rings. The number of nitrogens with zero attached hydrogens (tertiary/aromatic N) is 3. The normalized spacial score (nSPS) is 12.0. The van der Waals surface area contributed by atoms with Crippen molar-refractivity contribution in [1.82, 2.24) is 14.6 Å². The lowest BCUT2D eigenvalue weighted by Gasteiger charge is -2.08. The highest BCUT2D eigenvalue weighted by Gasteiger charge is 2.26. The maximum Gasteiger partial charge on any atom is 0.281 e. The molecule has 10 heteroatoms. The molecule has 2 aromatic heterocycles. The number of imidazole rings is 1. The van der Waals surface area contributed by atoms with Crippen molar-refractivity contribution in [2.24, 2.45) is 0 Å². The molecule has 6 nitrogen and oxygen atoms in total. The van der Waals surface area contributed by atoms with Gasteiger partial charge in [0.05, 0.1) is 11.4 Å². The van der Waals surface area contributed by atoms with Gasteiger partial charge in [-0.3, -0.25) is 4.72 Å². The summed E-state index contributed by atoms with van der Waals surface area (Å²) in [6.07, 6.45) is 0. The molecule has 22 heavy (non-hydrogen) atoms. The van der Waals surface area contributed by atoms with Gasteiger partial charge in [-0.25, -0.2) is 9.37 Å². The monoisotopic (exact) mass is 360 g/mol. The molecular formula is C12H10ClFN4O2S2. The Morgan fingerprint density at radius 2 is 2.09 bits per heavy atom. The third kappa shape index (κ3) is 2.55. The van der Waals surface area contributed by atoms with Gasteiger partial charge in [-0.1, -0.05) is 22.9 Å². The maximum absolute atomic E-state index is 13.8. The van der Waals surface area contributed by atoms with Crippen LogP contribution in [0, 0.1) is 19.7 Å². The van der Waals surface area contributed by atoms with E-state index in [2.05, 4.69) is 14.8 Å². The molecule has 1 aromatic carbocycles. The van der Waals surface area contributed by atoms with Crippen LogP contribution in [0.25, 0.3) is 4.96 Å². The molecule has 0 unspecified atom stereocenters. The van der Waals surface area contributed by atoms with E-state index in [0.717, 1.165) is 6.07 Å². The topological polar surface area (TPSA) is 76.4 Å². The van der Waals surface area contributed by atoms with E-state index in [0.29, 0.717) is 15.7 Å². The second-order valence-electron chi connectivity index (χ2n) is 4.55. The number of benzene rings is 1. The molecule has 0 saturated carbocycles. The molecule has 3 rings (SSSR count). The summed E-state index contributed by atoms with van der Waals surface area (Å²) in [4.78, 5) is 4.63. The second-order valence-corrected chi connectivity index (χ2v) is 7.74. The quantitative estimate of drug-likeness (QED) is 0.779. The molecule has 0 fully saturated rings. The summed E-state index contributed by atoms with van der Waals surface area (Å²) in [5, 5.41) is 4.86. The number of anilines is 1. The van der Waals surface area contributed by atoms with E-state index < -0.39 is 15.8 Å². The fraction of sp³-hybridized carbons (Fsp3) is 0.167. The first kappa shape index (κ1) is 15.2. The van der Waals surface area contributed by atoms with Crippen LogP contribution < -0.4 is 4.72 Å². The highest BCUT2D eigenvalue weighted by molar-refractivity contribution is 7.92. The standard InChI is InChI=1S/C12H10ClFN4O2S2/c1-6-11(18-12(15-6)21-7(2)16-18)22(19,20)17-10-4-3-8(13)5-9(10)14/h3-5,17H,1-2H3. The Balaban J connectivity index is 2.10. The van der Waals surface area contributed by atoms with Crippen LogP contribution in [0.3, 0.4) is 0 Å². The number of sulfonamides is 1. The maximum atomic E-state index is 13.8. The van der Waals surface area contributed by atoms with Crippen LogP contribution in [0.15, 0.2) is 23.2 Å². The number of aromatic nitrogens is 3. The Kier molecular flexibility index (Phi) is 3.58. The molecule has 0 atom stereocenters. The summed E-state index contributed by atoms with van der Waals surface area (Å²) in [6.45, 7) is 3.31. The Bertz CT molecular complexity index is 981. The van der Waals surface area contributed by atoms with E-state index in [-0.39, 0.29) is 15.7 Å². The zero-order chi connectivity index (χ0) is 16.1. The molecule has 2 heterocycles. The van der Waals surface area contributed by atoms with Crippen molar-refractivity contribution in [1.29, 1.82) is 0 Å². The zero-order valence-corrected chi connectivity index (χ0v) is 13.9. The molecule has 0 aliphatic heterocycles. The van der Waals surface area contributed by atoms with Crippen molar-refractivity contribution in [2.45, 2.75) is 18.9 Å². The fourth-order valence-electron chi connectivity index (χ4n) is 2.00. The fourth-order valence-corrected chi connectivity index (χ4v) is 4.35. The van der Waals surface area contributed by atoms with Crippen LogP contribution in [0.2, 0.25) is 5.02 Å². The molecule has 0 spiro atoms. The molecule has 0 aliphatic carbocycles. The Morgan fingerprint density at radius 1 is 1.36 bits per heavy atom. The minimum atomic E-state index is -4.04. The van der Waals surface area contributed by atoms with Crippen LogP contribution in [0.4, 0.5) is 10.1 Å². The largest absolute Gasteiger partial charge is 0.281 e. The highest BCUT2D eigenvalue weighted by Crippen LogP contribution is 2.25. The lowest BCUT2D eigenvalue weighted by atomic mass is 10.3. The third-order valence-electron chi connectivity index (χ3n) is 2.86. The van der Waals surface area contributed by atoms with Gasteiger partial charge in [-0.15, -0.1) is 0 Å². The molecule has 0 saturated heterocycles. The second kappa shape index (κ2) is 5.18. The number of rotatable bonds is 3. The van der Waals surface area contributed by atoms with E-state index >= 15 is 0 Å². The summed E-state index contributed by atoms with van der Waals surface area (Å²) in [7, 11) is -4.04. The molecule has 1 N–H and O–H groups in total. The third-order valence-corrected chi connectivity index (χ3v) is 5.38. The first-order valence-corrected chi connectivity index (χ1v) is 8.76. The van der Waals surface area contributed by atoms with Crippen molar-refractivity contribution in [3.8, 4) is 0 Å². The smallest absolute Gasteiger partial charge is 0.275 e.